The summed E-state index contributed by atoms with van der Waals surface area (Å²) in [6, 6.07) is 8.00. The van der Waals surface area contributed by atoms with Crippen molar-refractivity contribution in [3.63, 3.8) is 0 Å². The van der Waals surface area contributed by atoms with E-state index in [1.54, 1.807) is 10.9 Å². The van der Waals surface area contributed by atoms with Crippen LogP contribution in [0.2, 0.25) is 0 Å². The van der Waals surface area contributed by atoms with Gasteiger partial charge in [0.1, 0.15) is 0 Å². The molecule has 0 spiro atoms. The molecule has 0 aliphatic heterocycles. The van der Waals surface area contributed by atoms with Gasteiger partial charge in [-0.2, -0.15) is 4.52 Å². The minimum atomic E-state index is 0.971. The molecular weight excluding hydrogens is 164 g/mol. The van der Waals surface area contributed by atoms with Crippen LogP contribution < -0.4 is 9.84 Å². The second-order valence-corrected chi connectivity index (χ2v) is 3.05. The molecule has 13 heavy (non-hydrogen) atoms. The number of nitrogens with zero attached hydrogens (tertiary/aromatic N) is 4. The largest absolute Gasteiger partial charge is 0.162 e. The summed E-state index contributed by atoms with van der Waals surface area (Å²) in [6.45, 7) is 2.02. The molecule has 0 aliphatic carbocycles. The van der Waals surface area contributed by atoms with Gasteiger partial charge in [-0.05, 0) is 23.8 Å². The zero-order valence-electron chi connectivity index (χ0n) is 7.18. The van der Waals surface area contributed by atoms with Gasteiger partial charge in [0.2, 0.25) is 0 Å². The molecular formula is C9H8N4. The minimum absolute atomic E-state index is 0.971. The Morgan fingerprint density at radius 2 is 2.23 bits per heavy atom. The summed E-state index contributed by atoms with van der Waals surface area (Å²) in [4.78, 5) is 0. The fraction of sp³-hybridized carbons (Fsp3) is 0.111. The van der Waals surface area contributed by atoms with Crippen LogP contribution in [0.15, 0.2) is 30.5 Å². The molecule has 0 N–H and O–H groups in total. The Kier molecular flexibility index (Phi) is 1.07. The van der Waals surface area contributed by atoms with E-state index < -0.39 is 0 Å². The first-order valence-electron chi connectivity index (χ1n) is 4.15. The van der Waals surface area contributed by atoms with E-state index in [1.807, 2.05) is 35.7 Å². The van der Waals surface area contributed by atoms with Crippen molar-refractivity contribution in [1.29, 1.82) is 0 Å². The summed E-state index contributed by atoms with van der Waals surface area (Å²) in [5.74, 6) is 0. The first-order chi connectivity index (χ1) is 6.36. The molecule has 4 nitrogen and oxygen atoms in total. The minimum Gasteiger partial charge on any atom is -0.162 e. The van der Waals surface area contributed by atoms with Crippen molar-refractivity contribution in [3.05, 3.63) is 36.2 Å². The van der Waals surface area contributed by atoms with E-state index in [0.29, 0.717) is 0 Å². The van der Waals surface area contributed by atoms with E-state index in [0.717, 1.165) is 16.7 Å². The predicted molar refractivity (Wildman–Crippen MR) is 46.4 cm³/mol. The number of aromatic nitrogens is 4. The zero-order valence-corrected chi connectivity index (χ0v) is 7.18. The Bertz CT molecular complexity index is 575. The van der Waals surface area contributed by atoms with Crippen molar-refractivity contribution >= 4 is 11.0 Å². The van der Waals surface area contributed by atoms with Gasteiger partial charge in [-0.15, -0.1) is 0 Å². The lowest BCUT2D eigenvalue weighted by Crippen LogP contribution is -2.33. The average molecular weight is 172 g/mol. The molecule has 0 radical (unpaired) electrons. The summed E-state index contributed by atoms with van der Waals surface area (Å²) in [5.41, 5.74) is 3.16. The molecule has 0 amide bonds. The van der Waals surface area contributed by atoms with Crippen LogP contribution in [0.3, 0.4) is 0 Å². The molecule has 0 saturated carbocycles. The first-order valence-corrected chi connectivity index (χ1v) is 4.15. The highest BCUT2D eigenvalue weighted by Gasteiger charge is 2.05. The van der Waals surface area contributed by atoms with E-state index in [-0.39, 0.29) is 0 Å². The molecule has 0 saturated heterocycles. The van der Waals surface area contributed by atoms with Crippen LogP contribution in [0.4, 0.5) is 0 Å². The molecule has 1 aromatic carbocycles. The summed E-state index contributed by atoms with van der Waals surface area (Å²) >= 11 is 0. The number of rotatable bonds is 0. The summed E-state index contributed by atoms with van der Waals surface area (Å²) in [7, 11) is 0. The number of hydrogen-bond acceptors (Lipinski definition) is 1. The maximum atomic E-state index is 4.30. The summed E-state index contributed by atoms with van der Waals surface area (Å²) in [6.07, 6.45) is 1.80. The van der Waals surface area contributed by atoms with E-state index in [2.05, 4.69) is 10.2 Å². The van der Waals surface area contributed by atoms with Gasteiger partial charge in [-0.25, -0.2) is 0 Å². The third kappa shape index (κ3) is 0.744. The van der Waals surface area contributed by atoms with Crippen LogP contribution >= 0.6 is 0 Å². The van der Waals surface area contributed by atoms with Crippen LogP contribution in [0.25, 0.3) is 11.0 Å². The molecule has 3 aromatic rings. The highest BCUT2D eigenvalue weighted by molar-refractivity contribution is 5.73. The first kappa shape index (κ1) is 6.65. The Balaban J connectivity index is 2.66. The lowest BCUT2D eigenvalue weighted by Gasteiger charge is -1.89. The van der Waals surface area contributed by atoms with Crippen molar-refractivity contribution in [1.82, 2.24) is 14.7 Å². The lowest BCUT2D eigenvalue weighted by molar-refractivity contribution is -0.730. The monoisotopic (exact) mass is 172 g/mol. The highest BCUT2D eigenvalue weighted by atomic mass is 15.6. The Morgan fingerprint density at radius 3 is 3.15 bits per heavy atom. The molecule has 2 aromatic heterocycles. The normalized spacial score (nSPS) is 11.5. The molecule has 0 aliphatic rings. The summed E-state index contributed by atoms with van der Waals surface area (Å²) in [5, 5.41) is 8.43. The molecule has 4 heteroatoms. The van der Waals surface area contributed by atoms with Gasteiger partial charge in [-0.1, -0.05) is 22.3 Å². The van der Waals surface area contributed by atoms with E-state index >= 15 is 0 Å². The predicted octanol–water partition coefficient (Wildman–Crippen LogP) is 0.339. The van der Waals surface area contributed by atoms with Crippen molar-refractivity contribution < 1.29 is 4.74 Å². The number of aryl methyl sites for hydroxylation is 1. The van der Waals surface area contributed by atoms with Gasteiger partial charge < -0.3 is 0 Å². The quantitative estimate of drug-likeness (QED) is 0.458. The standard InChI is InChI=1S/C9H8N4/c1-7-6-10-13-11-8-4-2-3-5-9(8)12(7)13/h2-6H,1H3. The molecule has 0 atom stereocenters. The van der Waals surface area contributed by atoms with Crippen molar-refractivity contribution in [3.8, 4) is 0 Å². The fourth-order valence-electron chi connectivity index (χ4n) is 1.56. The van der Waals surface area contributed by atoms with Gasteiger partial charge in [-0.3, -0.25) is 0 Å². The molecule has 3 rings (SSSR count). The number of para-hydroxylation sites is 1. The van der Waals surface area contributed by atoms with E-state index in [9.17, 15) is 0 Å². The van der Waals surface area contributed by atoms with Gasteiger partial charge in [0, 0.05) is 11.9 Å². The van der Waals surface area contributed by atoms with Crippen LogP contribution in [-0.2, 0) is 0 Å². The Labute approximate surface area is 74.4 Å². The third-order valence-corrected chi connectivity index (χ3v) is 2.17. The molecule has 64 valence electrons. The topological polar surface area (TPSA) is 35.5 Å². The lowest BCUT2D eigenvalue weighted by atomic mass is 10.3. The molecule has 0 unspecified atom stereocenters. The smallest absolute Gasteiger partial charge is 0.0728 e. The second kappa shape index (κ2) is 2.10. The molecule has 0 fully saturated rings. The van der Waals surface area contributed by atoms with E-state index in [1.165, 1.54) is 0 Å². The van der Waals surface area contributed by atoms with E-state index in [4.69, 9.17) is 0 Å². The van der Waals surface area contributed by atoms with Gasteiger partial charge in [0.05, 0.1) is 11.0 Å². The maximum absolute atomic E-state index is 4.30. The van der Waals surface area contributed by atoms with Crippen LogP contribution in [0, 0.1) is 6.92 Å². The van der Waals surface area contributed by atoms with Gasteiger partial charge in [0.15, 0.2) is 0 Å². The molecule has 0 bridgehead atoms. The second-order valence-electron chi connectivity index (χ2n) is 3.05. The van der Waals surface area contributed by atoms with Crippen molar-refractivity contribution in [2.45, 2.75) is 6.92 Å². The number of benzene rings is 1. The maximum Gasteiger partial charge on any atom is 0.0728 e. The number of fused-ring (bicyclic) bond motifs is 3. The van der Waals surface area contributed by atoms with Crippen molar-refractivity contribution in [2.24, 2.45) is 0 Å². The van der Waals surface area contributed by atoms with Crippen LogP contribution in [0.1, 0.15) is 5.69 Å². The summed E-state index contributed by atoms with van der Waals surface area (Å²) < 4.78 is 3.59. The Hall–Kier alpha value is -1.84. The fourth-order valence-corrected chi connectivity index (χ4v) is 1.56. The third-order valence-electron chi connectivity index (χ3n) is 2.17. The highest BCUT2D eigenvalue weighted by Crippen LogP contribution is 2.08. The van der Waals surface area contributed by atoms with Crippen LogP contribution in [-0.4, -0.2) is 9.61 Å². The van der Waals surface area contributed by atoms with Gasteiger partial charge >= 0.3 is 0 Å². The van der Waals surface area contributed by atoms with Gasteiger partial charge in [0.25, 0.3) is 0 Å². The van der Waals surface area contributed by atoms with Crippen LogP contribution in [0.5, 0.6) is 0 Å². The van der Waals surface area contributed by atoms with Crippen molar-refractivity contribution in [2.75, 3.05) is 0 Å². The average Bonchev–Trinajstić information content (AvgIpc) is 2.66. The molecule has 2 heterocycles. The Morgan fingerprint density at radius 1 is 1.38 bits per heavy atom. The zero-order chi connectivity index (χ0) is 8.84. The SMILES string of the molecule is Cc1c[n-][n+]2nc3ccccc3n12. The number of hydrogen-bond donors (Lipinski definition) is 0.